The smallest absolute Gasteiger partial charge is 0.382 e. The summed E-state index contributed by atoms with van der Waals surface area (Å²) >= 11 is 1.20. The fraction of sp³-hybridized carbons (Fsp3) is 0.600. The van der Waals surface area contributed by atoms with Crippen molar-refractivity contribution in [2.75, 3.05) is 20.4 Å². The highest BCUT2D eigenvalue weighted by Gasteiger charge is 2.19. The molecule has 0 atom stereocenters. The minimum Gasteiger partial charge on any atom is -0.382 e. The summed E-state index contributed by atoms with van der Waals surface area (Å²) in [4.78, 5) is 0. The lowest BCUT2D eigenvalue weighted by atomic mass is 11.3. The molecule has 80 valence electrons. The van der Waals surface area contributed by atoms with Gasteiger partial charge < -0.3 is 8.60 Å². The Morgan fingerprint density at radius 2 is 2.07 bits per heavy atom. The van der Waals surface area contributed by atoms with Crippen LogP contribution in [-0.4, -0.2) is 43.3 Å². The lowest BCUT2D eigenvalue weighted by Crippen LogP contribution is -2.27. The van der Waals surface area contributed by atoms with Gasteiger partial charge in [0.25, 0.3) is 5.22 Å². The van der Waals surface area contributed by atoms with E-state index in [9.17, 15) is 8.42 Å². The molecule has 1 rings (SSSR count). The number of thioether (sulfide) groups is 1. The van der Waals surface area contributed by atoms with Crippen LogP contribution in [0.5, 0.6) is 6.08 Å². The van der Waals surface area contributed by atoms with Crippen molar-refractivity contribution in [3.05, 3.63) is 0 Å². The maximum Gasteiger partial charge on any atom is 0.432 e. The van der Waals surface area contributed by atoms with Gasteiger partial charge in [0.2, 0.25) is 0 Å². The van der Waals surface area contributed by atoms with Crippen LogP contribution in [0.1, 0.15) is 0 Å². The molecule has 0 aliphatic heterocycles. The number of rotatable bonds is 4. The van der Waals surface area contributed by atoms with Crippen LogP contribution in [0.4, 0.5) is 0 Å². The van der Waals surface area contributed by atoms with Crippen LogP contribution < -0.4 is 4.18 Å². The van der Waals surface area contributed by atoms with E-state index in [-0.39, 0.29) is 11.3 Å². The van der Waals surface area contributed by atoms with E-state index in [4.69, 9.17) is 4.42 Å². The fourth-order valence-corrected chi connectivity index (χ4v) is 1.15. The van der Waals surface area contributed by atoms with Crippen molar-refractivity contribution in [1.29, 1.82) is 0 Å². The first-order valence-electron chi connectivity index (χ1n) is 3.45. The number of hydrogen-bond acceptors (Lipinski definition) is 7. The van der Waals surface area contributed by atoms with Gasteiger partial charge in [0.05, 0.1) is 0 Å². The van der Waals surface area contributed by atoms with E-state index < -0.39 is 10.3 Å². The molecule has 7 nitrogen and oxygen atoms in total. The third-order valence-corrected chi connectivity index (χ3v) is 2.95. The highest BCUT2D eigenvalue weighted by Crippen LogP contribution is 2.18. The molecular weight excluding hydrogens is 230 g/mol. The van der Waals surface area contributed by atoms with Crippen molar-refractivity contribution in [2.24, 2.45) is 0 Å². The topological polar surface area (TPSA) is 85.5 Å². The second-order valence-electron chi connectivity index (χ2n) is 2.36. The zero-order chi connectivity index (χ0) is 10.8. The van der Waals surface area contributed by atoms with Crippen LogP contribution in [0.3, 0.4) is 0 Å². The first kappa shape index (κ1) is 11.3. The molecule has 14 heavy (non-hydrogen) atoms. The van der Waals surface area contributed by atoms with Gasteiger partial charge in [-0.2, -0.15) is 12.7 Å². The minimum atomic E-state index is -3.82. The molecule has 0 aliphatic rings. The van der Waals surface area contributed by atoms with E-state index in [1.165, 1.54) is 25.9 Å². The molecule has 0 aromatic carbocycles. The van der Waals surface area contributed by atoms with Crippen LogP contribution in [0.2, 0.25) is 0 Å². The highest BCUT2D eigenvalue weighted by atomic mass is 32.2. The Morgan fingerprint density at radius 1 is 1.43 bits per heavy atom. The number of hydrogen-bond donors (Lipinski definition) is 0. The molecule has 0 N–H and O–H groups in total. The molecule has 1 heterocycles. The van der Waals surface area contributed by atoms with Crippen LogP contribution in [0, 0.1) is 0 Å². The van der Waals surface area contributed by atoms with Crippen LogP contribution >= 0.6 is 11.8 Å². The van der Waals surface area contributed by atoms with Gasteiger partial charge >= 0.3 is 16.4 Å². The zero-order valence-corrected chi connectivity index (χ0v) is 9.42. The molecule has 9 heteroatoms. The summed E-state index contributed by atoms with van der Waals surface area (Å²) in [6.45, 7) is 0. The van der Waals surface area contributed by atoms with E-state index in [2.05, 4.69) is 14.4 Å². The van der Waals surface area contributed by atoms with Gasteiger partial charge in [-0.05, 0) is 6.26 Å². The summed E-state index contributed by atoms with van der Waals surface area (Å²) in [5.74, 6) is 0. The maximum absolute atomic E-state index is 11.2. The van der Waals surface area contributed by atoms with Crippen molar-refractivity contribution in [1.82, 2.24) is 14.5 Å². The monoisotopic (exact) mass is 239 g/mol. The Kier molecular flexibility index (Phi) is 3.34. The van der Waals surface area contributed by atoms with E-state index in [1.807, 2.05) is 0 Å². The first-order chi connectivity index (χ1) is 6.45. The van der Waals surface area contributed by atoms with Crippen LogP contribution in [-0.2, 0) is 10.3 Å². The SMILES string of the molecule is CSc1nnc(OS(=O)(=O)N(C)C)o1. The van der Waals surface area contributed by atoms with Crippen molar-refractivity contribution in [3.63, 3.8) is 0 Å². The first-order valence-corrected chi connectivity index (χ1v) is 6.04. The summed E-state index contributed by atoms with van der Waals surface area (Å²) < 4.78 is 32.6. The third-order valence-electron chi connectivity index (χ3n) is 1.19. The lowest BCUT2D eigenvalue weighted by Gasteiger charge is -2.07. The lowest BCUT2D eigenvalue weighted by molar-refractivity contribution is 0.316. The molecule has 0 fully saturated rings. The molecule has 0 spiro atoms. The van der Waals surface area contributed by atoms with Gasteiger partial charge in [-0.15, -0.1) is 0 Å². The van der Waals surface area contributed by atoms with Gasteiger partial charge in [0, 0.05) is 14.1 Å². The molecule has 1 aromatic heterocycles. The Labute approximate surface area is 85.7 Å². The number of aromatic nitrogens is 2. The van der Waals surface area contributed by atoms with Crippen LogP contribution in [0.25, 0.3) is 0 Å². The van der Waals surface area contributed by atoms with Gasteiger partial charge in [0.1, 0.15) is 0 Å². The maximum atomic E-state index is 11.2. The minimum absolute atomic E-state index is 0.244. The summed E-state index contributed by atoms with van der Waals surface area (Å²) in [5.41, 5.74) is 0. The van der Waals surface area contributed by atoms with Crippen molar-refractivity contribution >= 4 is 22.1 Å². The van der Waals surface area contributed by atoms with E-state index in [0.29, 0.717) is 0 Å². The number of nitrogens with zero attached hydrogens (tertiary/aromatic N) is 3. The quantitative estimate of drug-likeness (QED) is 0.682. The molecular formula is C5H9N3O4S2. The summed E-state index contributed by atoms with van der Waals surface area (Å²) in [7, 11) is -1.15. The molecule has 0 aliphatic carbocycles. The molecule has 0 radical (unpaired) electrons. The van der Waals surface area contributed by atoms with Crippen LogP contribution in [0.15, 0.2) is 9.64 Å². The summed E-state index contributed by atoms with van der Waals surface area (Å²) in [6, 6.07) is 0. The van der Waals surface area contributed by atoms with Gasteiger partial charge in [-0.25, -0.2) is 0 Å². The Balaban J connectivity index is 2.79. The zero-order valence-electron chi connectivity index (χ0n) is 7.79. The van der Waals surface area contributed by atoms with E-state index >= 15 is 0 Å². The molecule has 0 bridgehead atoms. The molecule has 1 aromatic rings. The predicted octanol–water partition coefficient (Wildman–Crippen LogP) is -0.0233. The largest absolute Gasteiger partial charge is 0.432 e. The fourth-order valence-electron chi connectivity index (χ4n) is 0.478. The second-order valence-corrected chi connectivity index (χ2v) is 4.87. The summed E-state index contributed by atoms with van der Waals surface area (Å²) in [5, 5.41) is 7.15. The van der Waals surface area contributed by atoms with Gasteiger partial charge in [-0.1, -0.05) is 22.0 Å². The Morgan fingerprint density at radius 3 is 2.50 bits per heavy atom. The van der Waals surface area contributed by atoms with E-state index in [0.717, 1.165) is 4.31 Å². The molecule has 0 saturated heterocycles. The second kappa shape index (κ2) is 4.15. The molecule has 0 saturated carbocycles. The van der Waals surface area contributed by atoms with Crippen molar-refractivity contribution in [3.8, 4) is 6.08 Å². The normalized spacial score (nSPS) is 12.0. The van der Waals surface area contributed by atoms with Gasteiger partial charge in [0.15, 0.2) is 0 Å². The average molecular weight is 239 g/mol. The molecule has 0 amide bonds. The Bertz CT molecular complexity index is 399. The highest BCUT2D eigenvalue weighted by molar-refractivity contribution is 7.98. The molecule has 0 unspecified atom stereocenters. The third kappa shape index (κ3) is 2.59. The Hall–Kier alpha value is -0.800. The average Bonchev–Trinajstić information content (AvgIpc) is 2.51. The van der Waals surface area contributed by atoms with Crippen molar-refractivity contribution < 1.29 is 17.0 Å². The van der Waals surface area contributed by atoms with Crippen molar-refractivity contribution in [2.45, 2.75) is 5.22 Å². The van der Waals surface area contributed by atoms with E-state index in [1.54, 1.807) is 6.26 Å². The standard InChI is InChI=1S/C5H9N3O4S2/c1-8(2)14(9,10)12-4-6-7-5(11-4)13-3/h1-3H3. The summed E-state index contributed by atoms with van der Waals surface area (Å²) in [6.07, 6.45) is 1.33. The predicted molar refractivity (Wildman–Crippen MR) is 49.3 cm³/mol. The van der Waals surface area contributed by atoms with Gasteiger partial charge in [-0.3, -0.25) is 0 Å².